The summed E-state index contributed by atoms with van der Waals surface area (Å²) >= 11 is 0. The Labute approximate surface area is 306 Å². The Balaban J connectivity index is 1.33. The smallest absolute Gasteiger partial charge is 0.238 e. The minimum Gasteiger partial charge on any atom is -0.309 e. The first-order chi connectivity index (χ1) is 26.1. The molecule has 0 bridgehead atoms. The van der Waals surface area contributed by atoms with Gasteiger partial charge in [-0.05, 0) is 58.7 Å². The number of hydrogen-bond donors (Lipinski definition) is 0. The normalized spacial score (nSPS) is 13.2. The highest BCUT2D eigenvalue weighted by Gasteiger charge is 2.37. The molecule has 5 nitrogen and oxygen atoms in total. The molecule has 0 saturated carbocycles. The van der Waals surface area contributed by atoms with Crippen molar-refractivity contribution in [2.75, 3.05) is 0 Å². The van der Waals surface area contributed by atoms with E-state index in [1.165, 1.54) is 49.3 Å². The fraction of sp³-hybridized carbons (Fsp3) is 0.0625. The van der Waals surface area contributed by atoms with E-state index < -0.39 is 0 Å². The average Bonchev–Trinajstić information content (AvgIpc) is 3.80. The van der Waals surface area contributed by atoms with Crippen LogP contribution < -0.4 is 0 Å². The van der Waals surface area contributed by atoms with Crippen molar-refractivity contribution in [3.8, 4) is 45.5 Å². The molecule has 1 aliphatic rings. The molecule has 3 aromatic heterocycles. The number of nitrogens with zero attached hydrogens (tertiary/aromatic N) is 5. The summed E-state index contributed by atoms with van der Waals surface area (Å²) in [6, 6.07) is 58.1. The van der Waals surface area contributed by atoms with E-state index in [2.05, 4.69) is 150 Å². The van der Waals surface area contributed by atoms with Gasteiger partial charge in [0.15, 0.2) is 11.6 Å². The van der Waals surface area contributed by atoms with E-state index in [4.69, 9.17) is 15.0 Å². The van der Waals surface area contributed by atoms with Crippen molar-refractivity contribution in [2.24, 2.45) is 0 Å². The van der Waals surface area contributed by atoms with E-state index in [9.17, 15) is 0 Å². The summed E-state index contributed by atoms with van der Waals surface area (Å²) in [4.78, 5) is 15.6. The lowest BCUT2D eigenvalue weighted by Gasteiger charge is -2.21. The number of para-hydroxylation sites is 2. The minimum absolute atomic E-state index is 0.147. The lowest BCUT2D eigenvalue weighted by Crippen LogP contribution is -2.14. The average molecular weight is 680 g/mol. The van der Waals surface area contributed by atoms with Crippen LogP contribution in [-0.4, -0.2) is 24.1 Å². The van der Waals surface area contributed by atoms with Crippen molar-refractivity contribution < 1.29 is 0 Å². The summed E-state index contributed by atoms with van der Waals surface area (Å²) in [6.45, 7) is 4.69. The van der Waals surface area contributed by atoms with Gasteiger partial charge >= 0.3 is 0 Å². The largest absolute Gasteiger partial charge is 0.309 e. The summed E-state index contributed by atoms with van der Waals surface area (Å²) in [5.74, 6) is 1.87. The summed E-state index contributed by atoms with van der Waals surface area (Å²) in [5.41, 5.74) is 12.6. The number of benzene rings is 7. The molecule has 0 N–H and O–H groups in total. The standard InChI is InChI=1S/C48H33N5/c1-48(2)37-24-14-12-23-34(37)43-38(48)26-27-40-44(43)36-29-41-35(33-22-13-15-25-39(33)52(41)32-20-10-5-11-21-32)28-42(36)53(40)47-50-45(30-16-6-3-7-17-30)49-46(51-47)31-18-8-4-9-19-31/h3-29H,1-2H3. The SMILES string of the molecule is CC1(C)c2ccccc2-c2c1ccc1c2c2cc3c(cc2n1-c1nc(-c2ccccc2)nc(-c2ccccc2)n1)c1ccccc1n3-c1ccccc1. The Morgan fingerprint density at radius 3 is 1.74 bits per heavy atom. The number of hydrogen-bond acceptors (Lipinski definition) is 3. The first kappa shape index (κ1) is 29.8. The van der Waals surface area contributed by atoms with Gasteiger partial charge in [0.2, 0.25) is 5.95 Å². The zero-order chi connectivity index (χ0) is 35.3. The molecule has 53 heavy (non-hydrogen) atoms. The minimum atomic E-state index is -0.147. The van der Waals surface area contributed by atoms with E-state index in [1.54, 1.807) is 0 Å². The van der Waals surface area contributed by atoms with E-state index >= 15 is 0 Å². The fourth-order valence-electron chi connectivity index (χ4n) is 8.73. The van der Waals surface area contributed by atoms with Gasteiger partial charge in [-0.25, -0.2) is 4.98 Å². The molecule has 0 spiro atoms. The van der Waals surface area contributed by atoms with Gasteiger partial charge in [0.1, 0.15) is 0 Å². The third-order valence-electron chi connectivity index (χ3n) is 11.2. The molecule has 0 unspecified atom stereocenters. The Bertz CT molecular complexity index is 3010. The van der Waals surface area contributed by atoms with E-state index in [-0.39, 0.29) is 5.41 Å². The van der Waals surface area contributed by atoms with Gasteiger partial charge in [-0.15, -0.1) is 0 Å². The molecule has 1 aliphatic carbocycles. The van der Waals surface area contributed by atoms with Crippen LogP contribution in [0.2, 0.25) is 0 Å². The third kappa shape index (κ3) is 4.28. The molecule has 0 atom stereocenters. The molecular formula is C48H33N5. The van der Waals surface area contributed by atoms with E-state index in [0.717, 1.165) is 33.4 Å². The zero-order valence-electron chi connectivity index (χ0n) is 29.3. The van der Waals surface area contributed by atoms with Crippen LogP contribution >= 0.6 is 0 Å². The quantitative estimate of drug-likeness (QED) is 0.186. The zero-order valence-corrected chi connectivity index (χ0v) is 29.3. The van der Waals surface area contributed by atoms with Crippen molar-refractivity contribution in [3.63, 3.8) is 0 Å². The maximum absolute atomic E-state index is 5.27. The lowest BCUT2D eigenvalue weighted by atomic mass is 9.82. The Morgan fingerprint density at radius 1 is 0.434 bits per heavy atom. The first-order valence-electron chi connectivity index (χ1n) is 18.1. The molecule has 0 amide bonds. The summed E-state index contributed by atoms with van der Waals surface area (Å²) < 4.78 is 4.67. The van der Waals surface area contributed by atoms with Gasteiger partial charge in [-0.3, -0.25) is 4.57 Å². The maximum atomic E-state index is 5.27. The van der Waals surface area contributed by atoms with E-state index in [1.807, 2.05) is 36.4 Å². The van der Waals surface area contributed by atoms with Crippen LogP contribution in [0.15, 0.2) is 164 Å². The van der Waals surface area contributed by atoms with Crippen molar-refractivity contribution in [3.05, 3.63) is 175 Å². The van der Waals surface area contributed by atoms with Crippen LogP contribution in [-0.2, 0) is 5.41 Å². The summed E-state index contributed by atoms with van der Waals surface area (Å²) in [5, 5.41) is 4.76. The third-order valence-corrected chi connectivity index (χ3v) is 11.2. The molecule has 3 heterocycles. The lowest BCUT2D eigenvalue weighted by molar-refractivity contribution is 0.661. The molecule has 0 radical (unpaired) electrons. The van der Waals surface area contributed by atoms with Gasteiger partial charge in [0, 0.05) is 43.8 Å². The predicted octanol–water partition coefficient (Wildman–Crippen LogP) is 11.7. The van der Waals surface area contributed by atoms with Crippen molar-refractivity contribution in [1.29, 1.82) is 0 Å². The van der Waals surface area contributed by atoms with Crippen LogP contribution in [0.5, 0.6) is 0 Å². The monoisotopic (exact) mass is 679 g/mol. The molecule has 7 aromatic carbocycles. The first-order valence-corrected chi connectivity index (χ1v) is 18.1. The van der Waals surface area contributed by atoms with Crippen LogP contribution in [0.4, 0.5) is 0 Å². The van der Waals surface area contributed by atoms with Crippen LogP contribution in [0, 0.1) is 0 Å². The van der Waals surface area contributed by atoms with Gasteiger partial charge in [-0.2, -0.15) is 9.97 Å². The fourth-order valence-corrected chi connectivity index (χ4v) is 8.73. The summed E-state index contributed by atoms with van der Waals surface area (Å²) in [7, 11) is 0. The molecule has 5 heteroatoms. The summed E-state index contributed by atoms with van der Waals surface area (Å²) in [6.07, 6.45) is 0. The Morgan fingerprint density at radius 2 is 1.02 bits per heavy atom. The van der Waals surface area contributed by atoms with Gasteiger partial charge in [-0.1, -0.05) is 141 Å². The topological polar surface area (TPSA) is 48.5 Å². The molecule has 0 fully saturated rings. The second-order valence-electron chi connectivity index (χ2n) is 14.5. The second kappa shape index (κ2) is 11.1. The maximum Gasteiger partial charge on any atom is 0.238 e. The number of rotatable bonds is 4. The van der Waals surface area contributed by atoms with Crippen LogP contribution in [0.3, 0.4) is 0 Å². The predicted molar refractivity (Wildman–Crippen MR) is 217 cm³/mol. The molecule has 0 aliphatic heterocycles. The number of fused-ring (bicyclic) bond motifs is 10. The second-order valence-corrected chi connectivity index (χ2v) is 14.5. The highest BCUT2D eigenvalue weighted by Crippen LogP contribution is 2.53. The van der Waals surface area contributed by atoms with Gasteiger partial charge in [0.25, 0.3) is 0 Å². The van der Waals surface area contributed by atoms with Crippen molar-refractivity contribution >= 4 is 43.6 Å². The molecule has 0 saturated heterocycles. The van der Waals surface area contributed by atoms with Crippen LogP contribution in [0.25, 0.3) is 89.2 Å². The van der Waals surface area contributed by atoms with Gasteiger partial charge < -0.3 is 4.57 Å². The van der Waals surface area contributed by atoms with Crippen molar-refractivity contribution in [1.82, 2.24) is 24.1 Å². The van der Waals surface area contributed by atoms with E-state index in [0.29, 0.717) is 17.6 Å². The highest BCUT2D eigenvalue weighted by molar-refractivity contribution is 6.23. The molecule has 250 valence electrons. The molecule has 10 aromatic rings. The van der Waals surface area contributed by atoms with Crippen molar-refractivity contribution in [2.45, 2.75) is 19.3 Å². The highest BCUT2D eigenvalue weighted by atomic mass is 15.2. The molecular weight excluding hydrogens is 647 g/mol. The van der Waals surface area contributed by atoms with Crippen LogP contribution in [0.1, 0.15) is 25.0 Å². The molecule has 11 rings (SSSR count). The Hall–Kier alpha value is -6.85. The van der Waals surface area contributed by atoms with Gasteiger partial charge in [0.05, 0.1) is 22.1 Å². The Kier molecular flexibility index (Phi) is 6.23. The number of aromatic nitrogens is 5.